The molecule has 1 aliphatic carbocycles. The molecule has 0 atom stereocenters. The lowest BCUT2D eigenvalue weighted by molar-refractivity contribution is -0.122. The van der Waals surface area contributed by atoms with Crippen LogP contribution in [0.5, 0.6) is 0 Å². The normalized spacial score (nSPS) is 18.8. The van der Waals surface area contributed by atoms with Gasteiger partial charge in [-0.25, -0.2) is 4.98 Å². The van der Waals surface area contributed by atoms with Crippen molar-refractivity contribution < 1.29 is 9.90 Å². The zero-order chi connectivity index (χ0) is 19.7. The number of carbonyl (C=O) groups is 1. The Labute approximate surface area is 160 Å². The Hall–Kier alpha value is -3.07. The van der Waals surface area contributed by atoms with Crippen molar-refractivity contribution in [2.24, 2.45) is 7.05 Å². The van der Waals surface area contributed by atoms with E-state index in [1.165, 1.54) is 0 Å². The number of H-pyrrole nitrogens is 1. The van der Waals surface area contributed by atoms with E-state index >= 15 is 0 Å². The van der Waals surface area contributed by atoms with Gasteiger partial charge in [0, 0.05) is 31.8 Å². The van der Waals surface area contributed by atoms with Crippen molar-refractivity contribution in [2.45, 2.75) is 44.2 Å². The smallest absolute Gasteiger partial charge is 0.270 e. The summed E-state index contributed by atoms with van der Waals surface area (Å²) in [5, 5.41) is 20.3. The molecule has 9 heteroatoms. The van der Waals surface area contributed by atoms with Gasteiger partial charge < -0.3 is 20.0 Å². The maximum Gasteiger partial charge on any atom is 0.270 e. The van der Waals surface area contributed by atoms with E-state index in [9.17, 15) is 14.7 Å². The first-order valence-corrected chi connectivity index (χ1v) is 9.31. The SMILES string of the molecule is Cn1c(CO)nnc1C1CC(NC(=O)CCc2nc3ccccc3[nH]c2=O)C1. The molecule has 1 aliphatic rings. The lowest BCUT2D eigenvalue weighted by Gasteiger charge is -2.35. The molecule has 2 heterocycles. The minimum atomic E-state index is -0.253. The van der Waals surface area contributed by atoms with Crippen molar-refractivity contribution in [3.8, 4) is 0 Å². The molecular weight excluding hydrogens is 360 g/mol. The van der Waals surface area contributed by atoms with Crippen LogP contribution in [0.25, 0.3) is 11.0 Å². The summed E-state index contributed by atoms with van der Waals surface area (Å²) >= 11 is 0. The first kappa shape index (κ1) is 18.3. The quantitative estimate of drug-likeness (QED) is 0.571. The summed E-state index contributed by atoms with van der Waals surface area (Å²) in [5.41, 5.74) is 1.52. The number of hydrogen-bond donors (Lipinski definition) is 3. The van der Waals surface area contributed by atoms with Crippen LogP contribution in [0.4, 0.5) is 0 Å². The molecular formula is C19H22N6O3. The zero-order valence-corrected chi connectivity index (χ0v) is 15.6. The summed E-state index contributed by atoms with van der Waals surface area (Å²) in [6.45, 7) is -0.141. The number of aromatic amines is 1. The zero-order valence-electron chi connectivity index (χ0n) is 15.6. The number of carbonyl (C=O) groups excluding carboxylic acids is 1. The number of hydrogen-bond acceptors (Lipinski definition) is 6. The molecule has 0 bridgehead atoms. The third kappa shape index (κ3) is 3.53. The summed E-state index contributed by atoms with van der Waals surface area (Å²) in [5.74, 6) is 1.51. The van der Waals surface area contributed by atoms with E-state index in [0.717, 1.165) is 18.7 Å². The Kier molecular flexibility index (Phi) is 4.91. The van der Waals surface area contributed by atoms with Gasteiger partial charge in [-0.1, -0.05) is 12.1 Å². The Morgan fingerprint density at radius 1 is 1.32 bits per heavy atom. The minimum Gasteiger partial charge on any atom is -0.388 e. The highest BCUT2D eigenvalue weighted by Gasteiger charge is 2.34. The fourth-order valence-corrected chi connectivity index (χ4v) is 3.58. The molecule has 1 aromatic carbocycles. The van der Waals surface area contributed by atoms with Crippen molar-refractivity contribution in [2.75, 3.05) is 0 Å². The van der Waals surface area contributed by atoms with Gasteiger partial charge in [0.15, 0.2) is 5.82 Å². The van der Waals surface area contributed by atoms with Crippen molar-refractivity contribution >= 4 is 16.9 Å². The van der Waals surface area contributed by atoms with E-state index in [1.54, 1.807) is 10.6 Å². The van der Waals surface area contributed by atoms with Crippen molar-refractivity contribution in [3.63, 3.8) is 0 Å². The van der Waals surface area contributed by atoms with Crippen LogP contribution in [-0.4, -0.2) is 41.8 Å². The number of aliphatic hydroxyl groups is 1. The molecule has 0 radical (unpaired) electrons. The second-order valence-corrected chi connectivity index (χ2v) is 7.15. The molecule has 1 amide bonds. The Bertz CT molecular complexity index is 1070. The molecule has 4 rings (SSSR count). The number of amides is 1. The molecule has 1 fully saturated rings. The molecule has 2 aromatic heterocycles. The molecule has 9 nitrogen and oxygen atoms in total. The molecule has 1 saturated carbocycles. The predicted molar refractivity (Wildman–Crippen MR) is 102 cm³/mol. The van der Waals surface area contributed by atoms with Gasteiger partial charge in [0.1, 0.15) is 18.1 Å². The van der Waals surface area contributed by atoms with Gasteiger partial charge in [0.2, 0.25) is 5.91 Å². The third-order valence-corrected chi connectivity index (χ3v) is 5.27. The number of para-hydroxylation sites is 2. The monoisotopic (exact) mass is 382 g/mol. The number of fused-ring (bicyclic) bond motifs is 1. The van der Waals surface area contributed by atoms with Crippen LogP contribution in [0.3, 0.4) is 0 Å². The summed E-state index contributed by atoms with van der Waals surface area (Å²) in [6, 6.07) is 7.42. The lowest BCUT2D eigenvalue weighted by Crippen LogP contribution is -2.44. The van der Waals surface area contributed by atoms with E-state index in [2.05, 4.69) is 25.5 Å². The molecule has 3 aromatic rings. The number of aliphatic hydroxyl groups excluding tert-OH is 1. The number of nitrogens with one attached hydrogen (secondary N) is 2. The minimum absolute atomic E-state index is 0.0909. The Morgan fingerprint density at radius 2 is 2.11 bits per heavy atom. The Morgan fingerprint density at radius 3 is 2.86 bits per heavy atom. The van der Waals surface area contributed by atoms with Crippen LogP contribution in [0.15, 0.2) is 29.1 Å². The van der Waals surface area contributed by atoms with Crippen molar-refractivity contribution in [1.82, 2.24) is 30.0 Å². The first-order chi connectivity index (χ1) is 13.5. The Balaban J connectivity index is 1.29. The van der Waals surface area contributed by atoms with Gasteiger partial charge in [-0.05, 0) is 25.0 Å². The van der Waals surface area contributed by atoms with Gasteiger partial charge in [0.25, 0.3) is 5.56 Å². The second kappa shape index (κ2) is 7.51. The predicted octanol–water partition coefficient (Wildman–Crippen LogP) is 0.539. The highest BCUT2D eigenvalue weighted by molar-refractivity contribution is 5.77. The van der Waals surface area contributed by atoms with E-state index < -0.39 is 0 Å². The van der Waals surface area contributed by atoms with E-state index in [0.29, 0.717) is 29.0 Å². The van der Waals surface area contributed by atoms with Crippen LogP contribution < -0.4 is 10.9 Å². The topological polar surface area (TPSA) is 126 Å². The average Bonchev–Trinajstić information content (AvgIpc) is 3.02. The van der Waals surface area contributed by atoms with Gasteiger partial charge >= 0.3 is 0 Å². The summed E-state index contributed by atoms with van der Waals surface area (Å²) < 4.78 is 1.81. The van der Waals surface area contributed by atoms with E-state index in [4.69, 9.17) is 0 Å². The van der Waals surface area contributed by atoms with Crippen molar-refractivity contribution in [3.05, 3.63) is 52.0 Å². The van der Waals surface area contributed by atoms with E-state index in [1.807, 2.05) is 25.2 Å². The summed E-state index contributed by atoms with van der Waals surface area (Å²) in [6.07, 6.45) is 2.09. The molecule has 28 heavy (non-hydrogen) atoms. The van der Waals surface area contributed by atoms with Gasteiger partial charge in [-0.2, -0.15) is 0 Å². The highest BCUT2D eigenvalue weighted by atomic mass is 16.3. The molecule has 0 aliphatic heterocycles. The number of aromatic nitrogens is 5. The number of rotatable bonds is 6. The summed E-state index contributed by atoms with van der Waals surface area (Å²) in [7, 11) is 1.83. The second-order valence-electron chi connectivity index (χ2n) is 7.15. The van der Waals surface area contributed by atoms with E-state index in [-0.39, 0.29) is 36.5 Å². The maximum atomic E-state index is 12.2. The fourth-order valence-electron chi connectivity index (χ4n) is 3.58. The van der Waals surface area contributed by atoms with Gasteiger partial charge in [-0.3, -0.25) is 9.59 Å². The average molecular weight is 382 g/mol. The number of benzene rings is 1. The molecule has 0 spiro atoms. The largest absolute Gasteiger partial charge is 0.388 e. The number of nitrogens with zero attached hydrogens (tertiary/aromatic N) is 4. The lowest BCUT2D eigenvalue weighted by atomic mass is 9.79. The summed E-state index contributed by atoms with van der Waals surface area (Å²) in [4.78, 5) is 31.5. The van der Waals surface area contributed by atoms with Gasteiger partial charge in [-0.15, -0.1) is 10.2 Å². The van der Waals surface area contributed by atoms with Gasteiger partial charge in [0.05, 0.1) is 11.0 Å². The van der Waals surface area contributed by atoms with Crippen LogP contribution in [0, 0.1) is 0 Å². The first-order valence-electron chi connectivity index (χ1n) is 9.31. The molecule has 0 saturated heterocycles. The van der Waals surface area contributed by atoms with Crippen LogP contribution in [0.1, 0.15) is 42.5 Å². The molecule has 146 valence electrons. The van der Waals surface area contributed by atoms with Crippen LogP contribution >= 0.6 is 0 Å². The fraction of sp³-hybridized carbons (Fsp3) is 0.421. The van der Waals surface area contributed by atoms with Crippen LogP contribution in [-0.2, 0) is 24.9 Å². The van der Waals surface area contributed by atoms with Crippen LogP contribution in [0.2, 0.25) is 0 Å². The number of aryl methyl sites for hydroxylation is 1. The van der Waals surface area contributed by atoms with Crippen molar-refractivity contribution in [1.29, 1.82) is 0 Å². The third-order valence-electron chi connectivity index (χ3n) is 5.27. The highest BCUT2D eigenvalue weighted by Crippen LogP contribution is 2.35. The molecule has 3 N–H and O–H groups in total. The molecule has 0 unspecified atom stereocenters. The maximum absolute atomic E-state index is 12.2. The standard InChI is InChI=1S/C19H22N6O3/c1-25-16(10-26)23-24-18(25)11-8-12(9-11)20-17(27)7-6-15-19(28)22-14-5-3-2-4-13(14)21-15/h2-5,11-12,26H,6-10H2,1H3,(H,20,27)(H,22,28).